The van der Waals surface area contributed by atoms with Crippen LogP contribution in [0.3, 0.4) is 0 Å². The first-order chi connectivity index (χ1) is 14.3. The zero-order valence-electron chi connectivity index (χ0n) is 16.3. The quantitative estimate of drug-likeness (QED) is 0.433. The number of carbonyl (C=O) groups excluding carboxylic acids is 1. The highest BCUT2D eigenvalue weighted by atomic mass is 32.2. The van der Waals surface area contributed by atoms with E-state index in [1.54, 1.807) is 13.1 Å². The van der Waals surface area contributed by atoms with E-state index in [2.05, 4.69) is 4.98 Å². The molecule has 0 saturated heterocycles. The molecule has 1 saturated carbocycles. The molecular formula is C23H20F3NO2S. The maximum absolute atomic E-state index is 12.9. The first-order valence-corrected chi connectivity index (χ1v) is 10.6. The number of alkyl halides is 3. The largest absolute Gasteiger partial charge is 0.465 e. The van der Waals surface area contributed by atoms with Crippen LogP contribution in [0.15, 0.2) is 59.6 Å². The molecule has 0 unspecified atom stereocenters. The Balaban J connectivity index is 1.70. The van der Waals surface area contributed by atoms with Gasteiger partial charge in [-0.15, -0.1) is 11.8 Å². The molecule has 1 aromatic heterocycles. The molecule has 30 heavy (non-hydrogen) atoms. The van der Waals surface area contributed by atoms with E-state index < -0.39 is 16.5 Å². The first-order valence-electron chi connectivity index (χ1n) is 9.75. The average Bonchev–Trinajstić information content (AvgIpc) is 2.70. The molecule has 4 rings (SSSR count). The second-order valence-electron chi connectivity index (χ2n) is 7.29. The smallest absolute Gasteiger partial charge is 0.416 e. The van der Waals surface area contributed by atoms with Crippen molar-refractivity contribution in [3.63, 3.8) is 0 Å². The minimum Gasteiger partial charge on any atom is -0.465 e. The van der Waals surface area contributed by atoms with Gasteiger partial charge >= 0.3 is 12.1 Å². The van der Waals surface area contributed by atoms with Crippen molar-refractivity contribution in [1.29, 1.82) is 0 Å². The second kappa shape index (κ2) is 7.95. The zero-order chi connectivity index (χ0) is 21.4. The van der Waals surface area contributed by atoms with Crippen molar-refractivity contribution >= 4 is 28.6 Å². The van der Waals surface area contributed by atoms with Gasteiger partial charge < -0.3 is 4.74 Å². The van der Waals surface area contributed by atoms with Gasteiger partial charge in [0, 0.05) is 16.5 Å². The van der Waals surface area contributed by atoms with E-state index in [1.165, 1.54) is 23.9 Å². The summed E-state index contributed by atoms with van der Waals surface area (Å²) < 4.78 is 43.3. The van der Waals surface area contributed by atoms with E-state index in [0.717, 1.165) is 52.8 Å². The Labute approximate surface area is 176 Å². The number of halogens is 3. The topological polar surface area (TPSA) is 39.2 Å². The van der Waals surface area contributed by atoms with Crippen LogP contribution in [-0.4, -0.2) is 22.3 Å². The predicted octanol–water partition coefficient (Wildman–Crippen LogP) is 6.50. The van der Waals surface area contributed by atoms with Crippen molar-refractivity contribution in [2.24, 2.45) is 0 Å². The summed E-state index contributed by atoms with van der Waals surface area (Å²) in [6.07, 6.45) is -0.150. The number of esters is 1. The van der Waals surface area contributed by atoms with Crippen molar-refractivity contribution in [2.75, 3.05) is 6.61 Å². The maximum Gasteiger partial charge on any atom is 0.416 e. The molecule has 0 radical (unpaired) electrons. The summed E-state index contributed by atoms with van der Waals surface area (Å²) >= 11 is 1.50. The van der Waals surface area contributed by atoms with Gasteiger partial charge in [0.25, 0.3) is 0 Å². The van der Waals surface area contributed by atoms with Gasteiger partial charge in [-0.2, -0.15) is 13.2 Å². The third-order valence-corrected chi connectivity index (χ3v) is 6.90. The molecule has 1 aliphatic rings. The van der Waals surface area contributed by atoms with Gasteiger partial charge in [-0.1, -0.05) is 18.2 Å². The fraction of sp³-hybridized carbons (Fsp3) is 0.304. The molecule has 0 atom stereocenters. The number of thioether (sulfide) groups is 1. The number of hydrogen-bond donors (Lipinski definition) is 0. The lowest BCUT2D eigenvalue weighted by atomic mass is 9.84. The van der Waals surface area contributed by atoms with Crippen LogP contribution in [0, 0.1) is 0 Å². The Hall–Kier alpha value is -2.54. The molecule has 7 heteroatoms. The highest BCUT2D eigenvalue weighted by Gasteiger charge is 2.46. The third-order valence-electron chi connectivity index (χ3n) is 5.36. The summed E-state index contributed by atoms with van der Waals surface area (Å²) in [6.45, 7) is 2.14. The molecule has 3 aromatic rings. The lowest BCUT2D eigenvalue weighted by Gasteiger charge is -2.38. The molecule has 0 aliphatic heterocycles. The Kier molecular flexibility index (Phi) is 5.49. The maximum atomic E-state index is 12.9. The van der Waals surface area contributed by atoms with Crippen molar-refractivity contribution in [3.05, 3.63) is 60.3 Å². The van der Waals surface area contributed by atoms with Gasteiger partial charge in [0.05, 0.1) is 17.7 Å². The number of pyridine rings is 1. The van der Waals surface area contributed by atoms with E-state index in [4.69, 9.17) is 4.74 Å². The number of fused-ring (bicyclic) bond motifs is 1. The standard InChI is InChI=1S/C23H20F3NO2S/c1-2-29-21(28)22(11-3-12-22)30-20-10-13-27-19-9-6-16(14-18(19)20)15-4-7-17(8-5-15)23(24,25)26/h4-10,13-14H,2-3,11-12H2,1H3. The number of carbonyl (C=O) groups is 1. The van der Waals surface area contributed by atoms with Crippen LogP contribution in [0.1, 0.15) is 31.7 Å². The van der Waals surface area contributed by atoms with Crippen LogP contribution in [0.2, 0.25) is 0 Å². The van der Waals surface area contributed by atoms with Crippen LogP contribution in [0.4, 0.5) is 13.2 Å². The normalized spacial score (nSPS) is 15.6. The Morgan fingerprint density at radius 2 is 1.80 bits per heavy atom. The number of rotatable bonds is 5. The average molecular weight is 431 g/mol. The van der Waals surface area contributed by atoms with Crippen molar-refractivity contribution < 1.29 is 22.7 Å². The minimum absolute atomic E-state index is 0.190. The Morgan fingerprint density at radius 1 is 1.10 bits per heavy atom. The summed E-state index contributed by atoms with van der Waals surface area (Å²) in [5.41, 5.74) is 1.58. The predicted molar refractivity (Wildman–Crippen MR) is 111 cm³/mol. The zero-order valence-corrected chi connectivity index (χ0v) is 17.1. The molecule has 1 fully saturated rings. The van der Waals surface area contributed by atoms with Crippen LogP contribution in [-0.2, 0) is 15.7 Å². The molecule has 0 bridgehead atoms. The highest BCUT2D eigenvalue weighted by Crippen LogP contribution is 2.50. The van der Waals surface area contributed by atoms with Gasteiger partial charge in [0.2, 0.25) is 0 Å². The summed E-state index contributed by atoms with van der Waals surface area (Å²) in [5.74, 6) is -0.190. The van der Waals surface area contributed by atoms with Gasteiger partial charge in [-0.05, 0) is 67.6 Å². The molecule has 3 nitrogen and oxygen atoms in total. The van der Waals surface area contributed by atoms with Gasteiger partial charge in [0.15, 0.2) is 0 Å². The molecule has 0 N–H and O–H groups in total. The van der Waals surface area contributed by atoms with Crippen LogP contribution in [0.25, 0.3) is 22.0 Å². The first kappa shape index (κ1) is 20.7. The van der Waals surface area contributed by atoms with Crippen molar-refractivity contribution in [3.8, 4) is 11.1 Å². The molecular weight excluding hydrogens is 411 g/mol. The number of ether oxygens (including phenoxy) is 1. The summed E-state index contributed by atoms with van der Waals surface area (Å²) in [4.78, 5) is 17.9. The van der Waals surface area contributed by atoms with Crippen molar-refractivity contribution in [1.82, 2.24) is 4.98 Å². The van der Waals surface area contributed by atoms with Crippen LogP contribution >= 0.6 is 11.8 Å². The number of hydrogen-bond acceptors (Lipinski definition) is 4. The molecule has 0 amide bonds. The Morgan fingerprint density at radius 3 is 2.40 bits per heavy atom. The van der Waals surface area contributed by atoms with E-state index in [9.17, 15) is 18.0 Å². The van der Waals surface area contributed by atoms with Gasteiger partial charge in [0.1, 0.15) is 4.75 Å². The third kappa shape index (κ3) is 3.90. The summed E-state index contributed by atoms with van der Waals surface area (Å²) in [6, 6.07) is 12.6. The van der Waals surface area contributed by atoms with Crippen LogP contribution < -0.4 is 0 Å². The summed E-state index contributed by atoms with van der Waals surface area (Å²) in [7, 11) is 0. The fourth-order valence-corrected chi connectivity index (χ4v) is 5.02. The monoisotopic (exact) mass is 431 g/mol. The minimum atomic E-state index is -4.36. The second-order valence-corrected chi connectivity index (χ2v) is 8.71. The van der Waals surface area contributed by atoms with Crippen LogP contribution in [0.5, 0.6) is 0 Å². The molecule has 156 valence electrons. The summed E-state index contributed by atoms with van der Waals surface area (Å²) in [5, 5.41) is 0.871. The molecule has 2 aromatic carbocycles. The number of aromatic nitrogens is 1. The van der Waals surface area contributed by atoms with E-state index in [1.807, 2.05) is 24.3 Å². The van der Waals surface area contributed by atoms with E-state index >= 15 is 0 Å². The van der Waals surface area contributed by atoms with E-state index in [0.29, 0.717) is 12.2 Å². The number of benzene rings is 2. The lowest BCUT2D eigenvalue weighted by Crippen LogP contribution is -2.43. The SMILES string of the molecule is CCOC(=O)C1(Sc2ccnc3ccc(-c4ccc(C(F)(F)F)cc4)cc23)CCC1. The lowest BCUT2D eigenvalue weighted by molar-refractivity contribution is -0.148. The molecule has 1 aliphatic carbocycles. The highest BCUT2D eigenvalue weighted by molar-refractivity contribution is 8.01. The Bertz CT molecular complexity index is 1080. The molecule has 1 heterocycles. The molecule has 0 spiro atoms. The van der Waals surface area contributed by atoms with E-state index in [-0.39, 0.29) is 5.97 Å². The fourth-order valence-electron chi connectivity index (χ4n) is 3.56. The van der Waals surface area contributed by atoms with Gasteiger partial charge in [-0.25, -0.2) is 0 Å². The van der Waals surface area contributed by atoms with Gasteiger partial charge in [-0.3, -0.25) is 9.78 Å². The van der Waals surface area contributed by atoms with Crippen molar-refractivity contribution in [2.45, 2.75) is 42.0 Å². The number of nitrogens with zero attached hydrogens (tertiary/aromatic N) is 1.